The lowest BCUT2D eigenvalue weighted by Crippen LogP contribution is -2.35. The van der Waals surface area contributed by atoms with Crippen molar-refractivity contribution in [1.82, 2.24) is 0 Å². The van der Waals surface area contributed by atoms with Crippen molar-refractivity contribution in [2.75, 3.05) is 15.7 Å². The number of rotatable bonds is 2. The lowest BCUT2D eigenvalue weighted by molar-refractivity contribution is 0.592. The first kappa shape index (κ1) is 13.3. The summed E-state index contributed by atoms with van der Waals surface area (Å²) in [5.41, 5.74) is 2.23. The zero-order chi connectivity index (χ0) is 14.3. The van der Waals surface area contributed by atoms with E-state index in [2.05, 4.69) is 0 Å². The summed E-state index contributed by atoms with van der Waals surface area (Å²) < 4.78 is 27.6. The number of nitrogens with zero attached hydrogens (tertiary/aromatic N) is 2. The second kappa shape index (κ2) is 4.68. The maximum absolute atomic E-state index is 12.5. The average molecular weight is 309 g/mol. The highest BCUT2D eigenvalue weighted by Crippen LogP contribution is 2.40. The molecule has 4 nitrogen and oxygen atoms in total. The van der Waals surface area contributed by atoms with Crippen LogP contribution in [-0.4, -0.2) is 15.5 Å². The average Bonchev–Trinajstić information content (AvgIpc) is 2.61. The smallest absolute Gasteiger partial charge is 0.254 e. The van der Waals surface area contributed by atoms with E-state index < -0.39 is 10.2 Å². The molecule has 0 amide bonds. The molecule has 1 aliphatic rings. The Bertz CT molecular complexity index is 761. The van der Waals surface area contributed by atoms with Gasteiger partial charge < -0.3 is 0 Å². The van der Waals surface area contributed by atoms with Gasteiger partial charge in [0.1, 0.15) is 0 Å². The van der Waals surface area contributed by atoms with E-state index in [0.717, 1.165) is 5.56 Å². The van der Waals surface area contributed by atoms with Gasteiger partial charge in [-0.1, -0.05) is 35.9 Å². The maximum Gasteiger partial charge on any atom is 0.326 e. The van der Waals surface area contributed by atoms with Gasteiger partial charge in [0.15, 0.2) is 0 Å². The molecule has 2 aromatic carbocycles. The van der Waals surface area contributed by atoms with Crippen molar-refractivity contribution in [2.24, 2.45) is 0 Å². The van der Waals surface area contributed by atoms with Crippen LogP contribution in [0.3, 0.4) is 0 Å². The van der Waals surface area contributed by atoms with Crippen molar-refractivity contribution >= 4 is 33.2 Å². The summed E-state index contributed by atoms with van der Waals surface area (Å²) in [6.45, 7) is 0.268. The Morgan fingerprint density at radius 3 is 2.45 bits per heavy atom. The summed E-state index contributed by atoms with van der Waals surface area (Å²) in [6, 6.07) is 14.5. The first-order valence-electron chi connectivity index (χ1n) is 6.10. The zero-order valence-corrected chi connectivity index (χ0v) is 12.4. The van der Waals surface area contributed by atoms with Crippen molar-refractivity contribution in [3.8, 4) is 0 Å². The lowest BCUT2D eigenvalue weighted by Gasteiger charge is -2.19. The van der Waals surface area contributed by atoms with Crippen LogP contribution >= 0.6 is 11.6 Å². The molecule has 0 saturated carbocycles. The number of halogens is 1. The fourth-order valence-electron chi connectivity index (χ4n) is 2.31. The molecule has 104 valence electrons. The molecule has 0 atom stereocenters. The number of anilines is 2. The summed E-state index contributed by atoms with van der Waals surface area (Å²) in [4.78, 5) is 0. The van der Waals surface area contributed by atoms with Crippen LogP contribution in [0.4, 0.5) is 11.4 Å². The van der Waals surface area contributed by atoms with Gasteiger partial charge in [0.25, 0.3) is 0 Å². The Kier molecular flexibility index (Phi) is 3.11. The molecule has 0 unspecified atom stereocenters. The van der Waals surface area contributed by atoms with Crippen LogP contribution in [0.15, 0.2) is 48.5 Å². The summed E-state index contributed by atoms with van der Waals surface area (Å²) in [5.74, 6) is 0. The highest BCUT2D eigenvalue weighted by Gasteiger charge is 2.37. The number of hydrogen-bond acceptors (Lipinski definition) is 2. The number of fused-ring (bicyclic) bond motifs is 1. The molecule has 0 radical (unpaired) electrons. The summed E-state index contributed by atoms with van der Waals surface area (Å²) in [7, 11) is -1.95. The Morgan fingerprint density at radius 1 is 1.05 bits per heavy atom. The van der Waals surface area contributed by atoms with Gasteiger partial charge in [-0.3, -0.25) is 4.31 Å². The van der Waals surface area contributed by atoms with Crippen LogP contribution in [0.25, 0.3) is 0 Å². The van der Waals surface area contributed by atoms with Crippen LogP contribution < -0.4 is 8.61 Å². The van der Waals surface area contributed by atoms with Gasteiger partial charge in [-0.05, 0) is 29.8 Å². The van der Waals surface area contributed by atoms with Gasteiger partial charge in [0.2, 0.25) is 0 Å². The Hall–Kier alpha value is -1.72. The largest absolute Gasteiger partial charge is 0.326 e. The summed E-state index contributed by atoms with van der Waals surface area (Å²) >= 11 is 5.95. The molecular formula is C14H13ClN2O2S. The van der Waals surface area contributed by atoms with E-state index in [0.29, 0.717) is 16.4 Å². The van der Waals surface area contributed by atoms with Crippen LogP contribution in [0.2, 0.25) is 5.02 Å². The van der Waals surface area contributed by atoms with E-state index >= 15 is 0 Å². The molecule has 1 heterocycles. The third-order valence-electron chi connectivity index (χ3n) is 3.33. The molecule has 0 aromatic heterocycles. The van der Waals surface area contributed by atoms with Crippen molar-refractivity contribution in [2.45, 2.75) is 6.54 Å². The standard InChI is InChI=1S/C14H13ClN2O2S/c1-16-13-7-2-3-8-14(13)17(20(16,18)19)10-11-5-4-6-12(15)9-11/h2-9H,10H2,1H3. The number of hydrogen-bond donors (Lipinski definition) is 0. The second-order valence-corrected chi connectivity index (χ2v) is 6.92. The minimum Gasteiger partial charge on any atom is -0.254 e. The normalized spacial score (nSPS) is 16.3. The van der Waals surface area contributed by atoms with Crippen molar-refractivity contribution in [1.29, 1.82) is 0 Å². The Balaban J connectivity index is 2.05. The summed E-state index contributed by atoms with van der Waals surface area (Å²) in [5, 5.41) is 0.598. The van der Waals surface area contributed by atoms with Crippen molar-refractivity contribution in [3.05, 3.63) is 59.1 Å². The van der Waals surface area contributed by atoms with Gasteiger partial charge in [-0.2, -0.15) is 8.42 Å². The van der Waals surface area contributed by atoms with E-state index in [1.165, 1.54) is 8.61 Å². The highest BCUT2D eigenvalue weighted by atomic mass is 35.5. The molecule has 0 saturated heterocycles. The zero-order valence-electron chi connectivity index (χ0n) is 10.8. The van der Waals surface area contributed by atoms with Crippen LogP contribution in [-0.2, 0) is 16.8 Å². The fraction of sp³-hybridized carbons (Fsp3) is 0.143. The van der Waals surface area contributed by atoms with Crippen molar-refractivity contribution in [3.63, 3.8) is 0 Å². The molecule has 0 bridgehead atoms. The molecule has 0 spiro atoms. The molecule has 2 aromatic rings. The van der Waals surface area contributed by atoms with Crippen LogP contribution in [0.1, 0.15) is 5.56 Å². The van der Waals surface area contributed by atoms with Crippen LogP contribution in [0.5, 0.6) is 0 Å². The Labute approximate surface area is 123 Å². The first-order valence-corrected chi connectivity index (χ1v) is 7.88. The predicted octanol–water partition coefficient (Wildman–Crippen LogP) is 3.04. The van der Waals surface area contributed by atoms with Gasteiger partial charge in [-0.25, -0.2) is 4.31 Å². The topological polar surface area (TPSA) is 40.6 Å². The first-order chi connectivity index (χ1) is 9.50. The van der Waals surface area contributed by atoms with Gasteiger partial charge in [0.05, 0.1) is 17.9 Å². The third-order valence-corrected chi connectivity index (χ3v) is 5.34. The van der Waals surface area contributed by atoms with E-state index in [9.17, 15) is 8.42 Å². The molecule has 0 N–H and O–H groups in total. The predicted molar refractivity (Wildman–Crippen MR) is 81.4 cm³/mol. The fourth-order valence-corrected chi connectivity index (χ4v) is 3.93. The van der Waals surface area contributed by atoms with E-state index in [4.69, 9.17) is 11.6 Å². The minimum absolute atomic E-state index is 0.268. The monoisotopic (exact) mass is 308 g/mol. The van der Waals surface area contributed by atoms with Gasteiger partial charge in [0, 0.05) is 12.1 Å². The van der Waals surface area contributed by atoms with Gasteiger partial charge in [-0.15, -0.1) is 0 Å². The number of benzene rings is 2. The molecule has 1 aliphatic heterocycles. The van der Waals surface area contributed by atoms with E-state index in [-0.39, 0.29) is 6.54 Å². The van der Waals surface area contributed by atoms with Gasteiger partial charge >= 0.3 is 10.2 Å². The molecule has 0 aliphatic carbocycles. The molecule has 3 rings (SSSR count). The maximum atomic E-state index is 12.5. The third kappa shape index (κ3) is 2.03. The van der Waals surface area contributed by atoms with Crippen LogP contribution in [0, 0.1) is 0 Å². The van der Waals surface area contributed by atoms with E-state index in [1.807, 2.05) is 24.3 Å². The van der Waals surface area contributed by atoms with E-state index in [1.54, 1.807) is 31.3 Å². The number of para-hydroxylation sites is 2. The lowest BCUT2D eigenvalue weighted by atomic mass is 10.2. The quantitative estimate of drug-likeness (QED) is 0.855. The summed E-state index contributed by atoms with van der Waals surface area (Å²) in [6.07, 6.45) is 0. The van der Waals surface area contributed by atoms with Crippen molar-refractivity contribution < 1.29 is 8.42 Å². The molecular weight excluding hydrogens is 296 g/mol. The SMILES string of the molecule is CN1c2ccccc2N(Cc2cccc(Cl)c2)S1(=O)=O. The minimum atomic E-state index is -3.51. The molecule has 6 heteroatoms. The molecule has 0 fully saturated rings. The highest BCUT2D eigenvalue weighted by molar-refractivity contribution is 7.94. The Morgan fingerprint density at radius 2 is 1.75 bits per heavy atom. The second-order valence-electron chi connectivity index (χ2n) is 4.60. The molecule has 20 heavy (non-hydrogen) atoms.